The van der Waals surface area contributed by atoms with E-state index in [9.17, 15) is 9.90 Å². The van der Waals surface area contributed by atoms with Crippen LogP contribution in [0.25, 0.3) is 0 Å². The summed E-state index contributed by atoms with van der Waals surface area (Å²) in [5, 5.41) is 9.91. The lowest BCUT2D eigenvalue weighted by Gasteiger charge is -2.35. The fourth-order valence-corrected chi connectivity index (χ4v) is 2.54. The summed E-state index contributed by atoms with van der Waals surface area (Å²) >= 11 is 0. The molecule has 1 aliphatic rings. The molecule has 1 N–H and O–H groups in total. The van der Waals surface area contributed by atoms with Gasteiger partial charge >= 0.3 is 0 Å². The van der Waals surface area contributed by atoms with Gasteiger partial charge in [0.25, 0.3) is 0 Å². The molecule has 1 amide bonds. The number of aliphatic hydroxyl groups excluding tert-OH is 1. The maximum absolute atomic E-state index is 11.3. The Bertz CT molecular complexity index is 482. The Hall–Kier alpha value is -1.62. The number of anilines is 1. The van der Waals surface area contributed by atoms with Gasteiger partial charge in [-0.25, -0.2) is 4.98 Å². The van der Waals surface area contributed by atoms with E-state index in [0.29, 0.717) is 6.42 Å². The molecule has 5 nitrogen and oxygen atoms in total. The Morgan fingerprint density at radius 2 is 2.05 bits per heavy atom. The Balaban J connectivity index is 2.07. The number of amides is 1. The smallest absolute Gasteiger partial charge is 0.219 e. The number of hydrogen-bond acceptors (Lipinski definition) is 4. The van der Waals surface area contributed by atoms with Crippen molar-refractivity contribution in [2.45, 2.75) is 33.3 Å². The van der Waals surface area contributed by atoms with Crippen molar-refractivity contribution >= 4 is 11.7 Å². The van der Waals surface area contributed by atoms with Gasteiger partial charge in [0.2, 0.25) is 5.91 Å². The summed E-state index contributed by atoms with van der Waals surface area (Å²) in [4.78, 5) is 19.8. The largest absolute Gasteiger partial charge is 0.388 e. The van der Waals surface area contributed by atoms with Gasteiger partial charge in [-0.3, -0.25) is 4.79 Å². The van der Waals surface area contributed by atoms with Crippen molar-refractivity contribution in [1.29, 1.82) is 0 Å². The summed E-state index contributed by atoms with van der Waals surface area (Å²) in [5.41, 5.74) is 1.97. The molecular weight excluding hydrogens is 254 g/mol. The van der Waals surface area contributed by atoms with Crippen LogP contribution in [0, 0.1) is 6.92 Å². The highest BCUT2D eigenvalue weighted by Crippen LogP contribution is 2.23. The van der Waals surface area contributed by atoms with Gasteiger partial charge in [0.15, 0.2) is 0 Å². The highest BCUT2D eigenvalue weighted by atomic mass is 16.3. The van der Waals surface area contributed by atoms with Gasteiger partial charge in [-0.15, -0.1) is 0 Å². The SMILES string of the molecule is CCC(O)c1cnc(N2CCN(C(C)=O)CC2)cc1C. The summed E-state index contributed by atoms with van der Waals surface area (Å²) in [6.07, 6.45) is 2.03. The summed E-state index contributed by atoms with van der Waals surface area (Å²) in [6.45, 7) is 8.68. The van der Waals surface area contributed by atoms with E-state index < -0.39 is 6.10 Å². The first-order chi connectivity index (χ1) is 9.52. The van der Waals surface area contributed by atoms with Crippen molar-refractivity contribution in [2.24, 2.45) is 0 Å². The molecule has 0 radical (unpaired) electrons. The van der Waals surface area contributed by atoms with E-state index in [1.54, 1.807) is 13.1 Å². The molecule has 0 aromatic carbocycles. The topological polar surface area (TPSA) is 56.7 Å². The second-order valence-electron chi connectivity index (χ2n) is 5.32. The predicted octanol–water partition coefficient (Wildman–Crippen LogP) is 1.50. The molecular formula is C15H23N3O2. The molecule has 0 spiro atoms. The second-order valence-corrected chi connectivity index (χ2v) is 5.32. The molecule has 0 bridgehead atoms. The number of nitrogens with zero attached hydrogens (tertiary/aromatic N) is 3. The van der Waals surface area contributed by atoms with E-state index in [-0.39, 0.29) is 5.91 Å². The summed E-state index contributed by atoms with van der Waals surface area (Å²) in [5.74, 6) is 1.06. The van der Waals surface area contributed by atoms with E-state index in [2.05, 4.69) is 9.88 Å². The van der Waals surface area contributed by atoms with E-state index in [1.807, 2.05) is 24.8 Å². The molecule has 110 valence electrons. The Morgan fingerprint density at radius 1 is 1.40 bits per heavy atom. The van der Waals surface area contributed by atoms with Crippen LogP contribution in [0.1, 0.15) is 37.5 Å². The first-order valence-electron chi connectivity index (χ1n) is 7.18. The van der Waals surface area contributed by atoms with Crippen molar-refractivity contribution in [1.82, 2.24) is 9.88 Å². The van der Waals surface area contributed by atoms with Crippen molar-refractivity contribution < 1.29 is 9.90 Å². The first kappa shape index (κ1) is 14.8. The normalized spacial score (nSPS) is 17.2. The van der Waals surface area contributed by atoms with Crippen LogP contribution in [-0.2, 0) is 4.79 Å². The van der Waals surface area contributed by atoms with Gasteiger partial charge in [-0.2, -0.15) is 0 Å². The number of rotatable bonds is 3. The highest BCUT2D eigenvalue weighted by molar-refractivity contribution is 5.73. The van der Waals surface area contributed by atoms with Gasteiger partial charge in [0.1, 0.15) is 5.82 Å². The lowest BCUT2D eigenvalue weighted by molar-refractivity contribution is -0.129. The average molecular weight is 277 g/mol. The third kappa shape index (κ3) is 3.10. The average Bonchev–Trinajstić information content (AvgIpc) is 2.46. The minimum atomic E-state index is -0.439. The number of aryl methyl sites for hydroxylation is 1. The van der Waals surface area contributed by atoms with Crippen molar-refractivity contribution in [3.8, 4) is 0 Å². The van der Waals surface area contributed by atoms with Crippen LogP contribution in [0.4, 0.5) is 5.82 Å². The molecule has 1 saturated heterocycles. The summed E-state index contributed by atoms with van der Waals surface area (Å²) < 4.78 is 0. The minimum Gasteiger partial charge on any atom is -0.388 e. The number of aromatic nitrogens is 1. The molecule has 1 aromatic heterocycles. The van der Waals surface area contributed by atoms with Crippen molar-refractivity contribution in [3.63, 3.8) is 0 Å². The number of hydrogen-bond donors (Lipinski definition) is 1. The van der Waals surface area contributed by atoms with Gasteiger partial charge < -0.3 is 14.9 Å². The van der Waals surface area contributed by atoms with Crippen molar-refractivity contribution in [3.05, 3.63) is 23.4 Å². The summed E-state index contributed by atoms with van der Waals surface area (Å²) in [6, 6.07) is 2.03. The highest BCUT2D eigenvalue weighted by Gasteiger charge is 2.20. The molecule has 1 aromatic rings. The van der Waals surface area contributed by atoms with E-state index in [0.717, 1.165) is 43.1 Å². The lowest BCUT2D eigenvalue weighted by atomic mass is 10.0. The van der Waals surface area contributed by atoms with Crippen LogP contribution in [0.3, 0.4) is 0 Å². The molecule has 1 unspecified atom stereocenters. The Labute approximate surface area is 120 Å². The van der Waals surface area contributed by atoms with E-state index in [4.69, 9.17) is 0 Å². The first-order valence-corrected chi connectivity index (χ1v) is 7.18. The molecule has 1 atom stereocenters. The molecule has 0 aliphatic carbocycles. The van der Waals surface area contributed by atoms with Gasteiger partial charge in [-0.1, -0.05) is 6.92 Å². The van der Waals surface area contributed by atoms with Crippen LogP contribution in [0.2, 0.25) is 0 Å². The van der Waals surface area contributed by atoms with Crippen LogP contribution >= 0.6 is 0 Å². The maximum atomic E-state index is 11.3. The molecule has 0 saturated carbocycles. The van der Waals surface area contributed by atoms with Crippen LogP contribution < -0.4 is 4.90 Å². The zero-order valence-electron chi connectivity index (χ0n) is 12.5. The van der Waals surface area contributed by atoms with E-state index in [1.165, 1.54) is 0 Å². The number of aliphatic hydroxyl groups is 1. The summed E-state index contributed by atoms with van der Waals surface area (Å²) in [7, 11) is 0. The third-order valence-electron chi connectivity index (χ3n) is 3.93. The molecule has 1 aliphatic heterocycles. The standard InChI is InChI=1S/C15H23N3O2/c1-4-14(20)13-10-16-15(9-11(13)2)18-7-5-17(6-8-18)12(3)19/h9-10,14,20H,4-8H2,1-3H3. The monoisotopic (exact) mass is 277 g/mol. The van der Waals surface area contributed by atoms with Gasteiger partial charge in [0.05, 0.1) is 6.10 Å². The van der Waals surface area contributed by atoms with Crippen LogP contribution in [-0.4, -0.2) is 47.1 Å². The van der Waals surface area contributed by atoms with E-state index >= 15 is 0 Å². The zero-order valence-corrected chi connectivity index (χ0v) is 12.5. The van der Waals surface area contributed by atoms with Crippen LogP contribution in [0.5, 0.6) is 0 Å². The van der Waals surface area contributed by atoms with Crippen molar-refractivity contribution in [2.75, 3.05) is 31.1 Å². The minimum absolute atomic E-state index is 0.134. The number of piperazine rings is 1. The Kier molecular flexibility index (Phi) is 4.60. The number of carbonyl (C=O) groups is 1. The third-order valence-corrected chi connectivity index (χ3v) is 3.93. The maximum Gasteiger partial charge on any atom is 0.219 e. The molecule has 2 rings (SSSR count). The predicted molar refractivity (Wildman–Crippen MR) is 78.7 cm³/mol. The van der Waals surface area contributed by atoms with Gasteiger partial charge in [-0.05, 0) is 25.0 Å². The second kappa shape index (κ2) is 6.22. The zero-order chi connectivity index (χ0) is 14.7. The number of pyridine rings is 1. The fraction of sp³-hybridized carbons (Fsp3) is 0.600. The quantitative estimate of drug-likeness (QED) is 0.909. The number of carbonyl (C=O) groups excluding carboxylic acids is 1. The molecule has 5 heteroatoms. The Morgan fingerprint density at radius 3 is 2.55 bits per heavy atom. The van der Waals surface area contributed by atoms with Gasteiger partial charge in [0, 0.05) is 44.9 Å². The molecule has 2 heterocycles. The lowest BCUT2D eigenvalue weighted by Crippen LogP contribution is -2.48. The molecule has 20 heavy (non-hydrogen) atoms. The molecule has 1 fully saturated rings. The van der Waals surface area contributed by atoms with Crippen LogP contribution in [0.15, 0.2) is 12.3 Å². The fourth-order valence-electron chi connectivity index (χ4n) is 2.54.